The summed E-state index contributed by atoms with van der Waals surface area (Å²) in [4.78, 5) is 2.52. The molecule has 0 N–H and O–H groups in total. The molecule has 0 spiro atoms. The Balaban J connectivity index is 1.83. The Hall–Kier alpha value is -1.33. The molecule has 118 valence electrons. The summed E-state index contributed by atoms with van der Waals surface area (Å²) < 4.78 is 2.19. The highest BCUT2D eigenvalue weighted by Gasteiger charge is 2.16. The van der Waals surface area contributed by atoms with Gasteiger partial charge >= 0.3 is 0 Å². The first kappa shape index (κ1) is 15.6. The van der Waals surface area contributed by atoms with Crippen molar-refractivity contribution in [2.75, 3.05) is 19.0 Å². The first-order chi connectivity index (χ1) is 10.7. The highest BCUT2D eigenvalue weighted by atomic mass is 32.2. The topological polar surface area (TPSA) is 34.0 Å². The molecular weight excluding hydrogens is 292 g/mol. The number of aromatic nitrogens is 3. The zero-order valence-electron chi connectivity index (χ0n) is 13.7. The molecule has 0 aliphatic carbocycles. The van der Waals surface area contributed by atoms with Gasteiger partial charge in [0.05, 0.1) is 11.6 Å². The van der Waals surface area contributed by atoms with Crippen molar-refractivity contribution in [1.82, 2.24) is 19.7 Å². The predicted octanol–water partition coefficient (Wildman–Crippen LogP) is 3.73. The van der Waals surface area contributed by atoms with Crippen LogP contribution >= 0.6 is 11.8 Å². The minimum atomic E-state index is 0.954. The second-order valence-corrected chi connectivity index (χ2v) is 6.95. The van der Waals surface area contributed by atoms with E-state index in [1.165, 1.54) is 49.2 Å². The third-order valence-electron chi connectivity index (χ3n) is 4.44. The number of thioether (sulfide) groups is 1. The van der Waals surface area contributed by atoms with E-state index in [1.807, 2.05) is 6.92 Å². The van der Waals surface area contributed by atoms with E-state index in [0.717, 1.165) is 16.9 Å². The van der Waals surface area contributed by atoms with Crippen LogP contribution in [0.2, 0.25) is 0 Å². The molecule has 4 nitrogen and oxygen atoms in total. The molecule has 0 atom stereocenters. The number of aryl methyl sites for hydroxylation is 2. The monoisotopic (exact) mass is 316 g/mol. The quantitative estimate of drug-likeness (QED) is 0.805. The van der Waals surface area contributed by atoms with E-state index in [0.29, 0.717) is 0 Å². The molecule has 22 heavy (non-hydrogen) atoms. The molecule has 0 radical (unpaired) electrons. The van der Waals surface area contributed by atoms with Gasteiger partial charge in [0.1, 0.15) is 5.82 Å². The molecule has 1 aromatic heterocycles. The average molecular weight is 316 g/mol. The minimum Gasteiger partial charge on any atom is -0.294 e. The van der Waals surface area contributed by atoms with Crippen LogP contribution in [-0.2, 0) is 0 Å². The highest BCUT2D eigenvalue weighted by molar-refractivity contribution is 7.99. The number of benzene rings is 1. The van der Waals surface area contributed by atoms with Crippen molar-refractivity contribution in [3.63, 3.8) is 0 Å². The zero-order chi connectivity index (χ0) is 15.5. The van der Waals surface area contributed by atoms with Crippen LogP contribution in [-0.4, -0.2) is 38.6 Å². The second-order valence-electron chi connectivity index (χ2n) is 6.04. The van der Waals surface area contributed by atoms with Crippen LogP contribution in [0.5, 0.6) is 0 Å². The smallest absolute Gasteiger partial charge is 0.197 e. The third-order valence-corrected chi connectivity index (χ3v) is 5.45. The van der Waals surface area contributed by atoms with E-state index in [2.05, 4.69) is 51.7 Å². The lowest BCUT2D eigenvalue weighted by Gasteiger charge is -2.25. The van der Waals surface area contributed by atoms with E-state index in [9.17, 15) is 0 Å². The Labute approximate surface area is 136 Å². The van der Waals surface area contributed by atoms with E-state index in [1.54, 1.807) is 11.8 Å². The molecular formula is C17H24N4S. The van der Waals surface area contributed by atoms with Gasteiger partial charge in [-0.2, -0.15) is 0 Å². The van der Waals surface area contributed by atoms with Gasteiger partial charge in [-0.05, 0) is 63.9 Å². The molecule has 5 heteroatoms. The Kier molecular flexibility index (Phi) is 4.84. The van der Waals surface area contributed by atoms with Gasteiger partial charge < -0.3 is 0 Å². The van der Waals surface area contributed by atoms with Gasteiger partial charge in [0, 0.05) is 0 Å². The fourth-order valence-electron chi connectivity index (χ4n) is 2.93. The average Bonchev–Trinajstić information content (AvgIpc) is 2.90. The second kappa shape index (κ2) is 6.84. The number of nitrogens with zero attached hydrogens (tertiary/aromatic N) is 4. The van der Waals surface area contributed by atoms with Gasteiger partial charge in [-0.3, -0.25) is 9.47 Å². The first-order valence-electron chi connectivity index (χ1n) is 8.00. The molecule has 0 saturated carbocycles. The van der Waals surface area contributed by atoms with E-state index in [-0.39, 0.29) is 0 Å². The van der Waals surface area contributed by atoms with Crippen LogP contribution in [0.4, 0.5) is 0 Å². The summed E-state index contributed by atoms with van der Waals surface area (Å²) >= 11 is 1.80. The number of rotatable bonds is 4. The van der Waals surface area contributed by atoms with Crippen LogP contribution in [0.25, 0.3) is 5.69 Å². The number of piperidine rings is 1. The summed E-state index contributed by atoms with van der Waals surface area (Å²) in [7, 11) is 0. The van der Waals surface area contributed by atoms with Gasteiger partial charge in [-0.15, -0.1) is 10.2 Å². The van der Waals surface area contributed by atoms with Crippen molar-refractivity contribution >= 4 is 11.8 Å². The van der Waals surface area contributed by atoms with E-state index in [4.69, 9.17) is 0 Å². The lowest BCUT2D eigenvalue weighted by atomic mass is 10.1. The number of likely N-dealkylation sites (tertiary alicyclic amines) is 1. The van der Waals surface area contributed by atoms with Crippen LogP contribution in [0.1, 0.15) is 36.2 Å². The molecule has 2 heterocycles. The van der Waals surface area contributed by atoms with Gasteiger partial charge in [-0.1, -0.05) is 30.3 Å². The fraction of sp³-hybridized carbons (Fsp3) is 0.529. The Bertz CT molecular complexity index is 644. The molecule has 0 amide bonds. The van der Waals surface area contributed by atoms with Crippen molar-refractivity contribution in [3.8, 4) is 5.69 Å². The van der Waals surface area contributed by atoms with Crippen LogP contribution in [0.15, 0.2) is 23.4 Å². The fourth-order valence-corrected chi connectivity index (χ4v) is 3.94. The molecule has 1 aromatic carbocycles. The van der Waals surface area contributed by atoms with Crippen molar-refractivity contribution in [3.05, 3.63) is 35.2 Å². The SMILES string of the molecule is Cc1cccc(-n2c(C)nnc2SCN2CCCCC2)c1C. The van der Waals surface area contributed by atoms with Gasteiger partial charge in [-0.25, -0.2) is 0 Å². The van der Waals surface area contributed by atoms with Gasteiger partial charge in [0.25, 0.3) is 0 Å². The summed E-state index contributed by atoms with van der Waals surface area (Å²) in [6.45, 7) is 8.77. The normalized spacial score (nSPS) is 16.1. The molecule has 2 aromatic rings. The predicted molar refractivity (Wildman–Crippen MR) is 91.7 cm³/mol. The summed E-state index contributed by atoms with van der Waals surface area (Å²) in [5.74, 6) is 1.96. The largest absolute Gasteiger partial charge is 0.294 e. The summed E-state index contributed by atoms with van der Waals surface area (Å²) in [6, 6.07) is 6.42. The molecule has 1 aliphatic heterocycles. The van der Waals surface area contributed by atoms with Crippen molar-refractivity contribution in [2.24, 2.45) is 0 Å². The third kappa shape index (κ3) is 3.20. The van der Waals surface area contributed by atoms with Crippen molar-refractivity contribution in [1.29, 1.82) is 0 Å². The maximum Gasteiger partial charge on any atom is 0.197 e. The summed E-state index contributed by atoms with van der Waals surface area (Å²) in [5.41, 5.74) is 3.80. The maximum absolute atomic E-state index is 4.40. The zero-order valence-corrected chi connectivity index (χ0v) is 14.5. The molecule has 1 fully saturated rings. The maximum atomic E-state index is 4.40. The Morgan fingerprint density at radius 1 is 1.05 bits per heavy atom. The van der Waals surface area contributed by atoms with Crippen molar-refractivity contribution < 1.29 is 0 Å². The summed E-state index contributed by atoms with van der Waals surface area (Å²) in [5, 5.41) is 9.69. The standard InChI is InChI=1S/C17H24N4S/c1-13-8-7-9-16(14(13)2)21-15(3)18-19-17(21)22-12-20-10-5-4-6-11-20/h7-9H,4-6,10-12H2,1-3H3. The molecule has 0 unspecified atom stereocenters. The first-order valence-corrected chi connectivity index (χ1v) is 8.99. The van der Waals surface area contributed by atoms with Crippen LogP contribution in [0.3, 0.4) is 0 Å². The Morgan fingerprint density at radius 2 is 1.82 bits per heavy atom. The molecule has 1 aliphatic rings. The number of hydrogen-bond acceptors (Lipinski definition) is 4. The summed E-state index contributed by atoms with van der Waals surface area (Å²) in [6.07, 6.45) is 4.02. The number of hydrogen-bond donors (Lipinski definition) is 0. The lowest BCUT2D eigenvalue weighted by Crippen LogP contribution is -2.29. The van der Waals surface area contributed by atoms with Gasteiger partial charge in [0.2, 0.25) is 0 Å². The minimum absolute atomic E-state index is 0.954. The van der Waals surface area contributed by atoms with Crippen LogP contribution < -0.4 is 0 Å². The van der Waals surface area contributed by atoms with E-state index < -0.39 is 0 Å². The molecule has 0 bridgehead atoms. The molecule has 1 saturated heterocycles. The Morgan fingerprint density at radius 3 is 2.59 bits per heavy atom. The molecule has 3 rings (SSSR count). The van der Waals surface area contributed by atoms with E-state index >= 15 is 0 Å². The van der Waals surface area contributed by atoms with Crippen LogP contribution in [0, 0.1) is 20.8 Å². The van der Waals surface area contributed by atoms with Gasteiger partial charge in [0.15, 0.2) is 5.16 Å². The van der Waals surface area contributed by atoms with Crippen molar-refractivity contribution in [2.45, 2.75) is 45.2 Å². The highest BCUT2D eigenvalue weighted by Crippen LogP contribution is 2.26. The lowest BCUT2D eigenvalue weighted by molar-refractivity contribution is 0.266.